The Morgan fingerprint density at radius 1 is 1.70 bits per heavy atom. The van der Waals surface area contributed by atoms with Crippen LogP contribution in [0.3, 0.4) is 0 Å². The van der Waals surface area contributed by atoms with Crippen molar-refractivity contribution in [1.29, 1.82) is 0 Å². The fraction of sp³-hybridized carbons (Fsp3) is 1.00. The molecule has 1 unspecified atom stereocenters. The first kappa shape index (κ1) is 9.84. The maximum absolute atomic E-state index is 9.10. The predicted molar refractivity (Wildman–Crippen MR) is 39.3 cm³/mol. The topological polar surface area (TPSA) is 58.7 Å². The number of hydrogen-bond donors (Lipinski definition) is 2. The van der Waals surface area contributed by atoms with Crippen molar-refractivity contribution in [2.75, 3.05) is 26.7 Å². The average molecular weight is 148 g/mol. The molecule has 0 aromatic carbocycles. The molecule has 0 saturated carbocycles. The summed E-state index contributed by atoms with van der Waals surface area (Å²) in [5, 5.41) is 9.10. The summed E-state index contributed by atoms with van der Waals surface area (Å²) >= 11 is 0. The minimum Gasteiger partial charge on any atom is -0.389 e. The molecule has 0 rings (SSSR count). The van der Waals surface area contributed by atoms with Crippen molar-refractivity contribution in [2.24, 2.45) is 5.90 Å². The Labute approximate surface area is 61.5 Å². The first-order chi connectivity index (χ1) is 4.70. The standard InChI is InChI=1S/C6H16N2O2/c1-3-8(2)4-6(9)5-10-7/h6,9H,3-5,7H2,1-2H3. The van der Waals surface area contributed by atoms with Crippen molar-refractivity contribution in [2.45, 2.75) is 13.0 Å². The van der Waals surface area contributed by atoms with Crippen LogP contribution in [-0.4, -0.2) is 42.9 Å². The van der Waals surface area contributed by atoms with Gasteiger partial charge in [0.15, 0.2) is 0 Å². The van der Waals surface area contributed by atoms with Gasteiger partial charge in [0.1, 0.15) is 0 Å². The smallest absolute Gasteiger partial charge is 0.0951 e. The molecule has 4 nitrogen and oxygen atoms in total. The Kier molecular flexibility index (Phi) is 5.52. The lowest BCUT2D eigenvalue weighted by Crippen LogP contribution is -2.32. The van der Waals surface area contributed by atoms with Gasteiger partial charge in [-0.3, -0.25) is 0 Å². The molecule has 0 aliphatic rings. The fourth-order valence-corrected chi connectivity index (χ4v) is 0.653. The highest BCUT2D eigenvalue weighted by Gasteiger charge is 2.05. The van der Waals surface area contributed by atoms with E-state index in [2.05, 4.69) is 4.84 Å². The number of hydrogen-bond acceptors (Lipinski definition) is 4. The fourth-order valence-electron chi connectivity index (χ4n) is 0.653. The van der Waals surface area contributed by atoms with Crippen LogP contribution >= 0.6 is 0 Å². The van der Waals surface area contributed by atoms with E-state index in [1.807, 2.05) is 18.9 Å². The van der Waals surface area contributed by atoms with Gasteiger partial charge >= 0.3 is 0 Å². The van der Waals surface area contributed by atoms with Gasteiger partial charge in [-0.05, 0) is 13.6 Å². The molecule has 0 saturated heterocycles. The van der Waals surface area contributed by atoms with Crippen molar-refractivity contribution in [3.63, 3.8) is 0 Å². The first-order valence-corrected chi connectivity index (χ1v) is 3.39. The average Bonchev–Trinajstić information content (AvgIpc) is 1.88. The van der Waals surface area contributed by atoms with Crippen LogP contribution in [0.5, 0.6) is 0 Å². The Balaban J connectivity index is 3.27. The normalized spacial score (nSPS) is 14.1. The number of likely N-dealkylation sites (N-methyl/N-ethyl adjacent to an activating group) is 1. The highest BCUT2D eigenvalue weighted by molar-refractivity contribution is 4.57. The Morgan fingerprint density at radius 2 is 2.30 bits per heavy atom. The van der Waals surface area contributed by atoms with Crippen LogP contribution in [0.25, 0.3) is 0 Å². The molecule has 0 heterocycles. The molecular formula is C6H16N2O2. The number of nitrogens with two attached hydrogens (primary N) is 1. The number of aliphatic hydroxyl groups is 1. The SMILES string of the molecule is CCN(C)CC(O)CON. The second-order valence-corrected chi connectivity index (χ2v) is 2.34. The second kappa shape index (κ2) is 5.61. The van der Waals surface area contributed by atoms with Crippen LogP contribution in [0.2, 0.25) is 0 Å². The zero-order valence-corrected chi connectivity index (χ0v) is 6.58. The third-order valence-corrected chi connectivity index (χ3v) is 1.35. The Bertz CT molecular complexity index is 80.1. The minimum atomic E-state index is -0.477. The highest BCUT2D eigenvalue weighted by Crippen LogP contribution is 1.87. The van der Waals surface area contributed by atoms with Gasteiger partial charge in [0.25, 0.3) is 0 Å². The number of rotatable bonds is 5. The molecule has 0 radical (unpaired) electrons. The molecule has 0 bridgehead atoms. The highest BCUT2D eigenvalue weighted by atomic mass is 16.6. The zero-order valence-electron chi connectivity index (χ0n) is 6.58. The summed E-state index contributed by atoms with van der Waals surface area (Å²) in [6.45, 7) is 3.75. The van der Waals surface area contributed by atoms with Crippen LogP contribution < -0.4 is 5.90 Å². The van der Waals surface area contributed by atoms with Crippen molar-refractivity contribution in [1.82, 2.24) is 4.90 Å². The summed E-state index contributed by atoms with van der Waals surface area (Å²) in [5.74, 6) is 4.77. The quantitative estimate of drug-likeness (QED) is 0.501. The van der Waals surface area contributed by atoms with Gasteiger partial charge in [-0.15, -0.1) is 0 Å². The van der Waals surface area contributed by atoms with Crippen LogP contribution in [0.4, 0.5) is 0 Å². The van der Waals surface area contributed by atoms with Crippen LogP contribution in [-0.2, 0) is 4.84 Å². The van der Waals surface area contributed by atoms with E-state index < -0.39 is 6.10 Å². The molecule has 0 aliphatic carbocycles. The van der Waals surface area contributed by atoms with E-state index in [0.717, 1.165) is 6.54 Å². The van der Waals surface area contributed by atoms with E-state index in [1.54, 1.807) is 0 Å². The van der Waals surface area contributed by atoms with E-state index in [9.17, 15) is 0 Å². The molecule has 0 amide bonds. The van der Waals surface area contributed by atoms with Gasteiger partial charge in [-0.2, -0.15) is 0 Å². The lowest BCUT2D eigenvalue weighted by Gasteiger charge is -2.17. The van der Waals surface area contributed by atoms with Gasteiger partial charge in [-0.1, -0.05) is 6.92 Å². The molecule has 0 fully saturated rings. The summed E-state index contributed by atoms with van der Waals surface area (Å²) < 4.78 is 0. The molecule has 10 heavy (non-hydrogen) atoms. The Morgan fingerprint density at radius 3 is 2.70 bits per heavy atom. The second-order valence-electron chi connectivity index (χ2n) is 2.34. The monoisotopic (exact) mass is 148 g/mol. The van der Waals surface area contributed by atoms with E-state index in [1.165, 1.54) is 0 Å². The van der Waals surface area contributed by atoms with Crippen molar-refractivity contribution in [3.05, 3.63) is 0 Å². The summed E-state index contributed by atoms with van der Waals surface area (Å²) in [7, 11) is 1.93. The van der Waals surface area contributed by atoms with Gasteiger partial charge in [0.2, 0.25) is 0 Å². The van der Waals surface area contributed by atoms with Crippen LogP contribution in [0.1, 0.15) is 6.92 Å². The third-order valence-electron chi connectivity index (χ3n) is 1.35. The molecule has 0 aliphatic heterocycles. The van der Waals surface area contributed by atoms with Gasteiger partial charge in [0.05, 0.1) is 12.7 Å². The van der Waals surface area contributed by atoms with E-state index in [-0.39, 0.29) is 6.61 Å². The van der Waals surface area contributed by atoms with Crippen LogP contribution in [0.15, 0.2) is 0 Å². The van der Waals surface area contributed by atoms with Crippen molar-refractivity contribution >= 4 is 0 Å². The van der Waals surface area contributed by atoms with Crippen LogP contribution in [0, 0.1) is 0 Å². The lowest BCUT2D eigenvalue weighted by atomic mass is 10.3. The van der Waals surface area contributed by atoms with Gasteiger partial charge in [-0.25, -0.2) is 5.90 Å². The maximum atomic E-state index is 9.10. The Hall–Kier alpha value is -0.160. The molecule has 4 heteroatoms. The minimum absolute atomic E-state index is 0.199. The van der Waals surface area contributed by atoms with Crippen molar-refractivity contribution in [3.8, 4) is 0 Å². The number of aliphatic hydroxyl groups excluding tert-OH is 1. The maximum Gasteiger partial charge on any atom is 0.0951 e. The molecule has 1 atom stereocenters. The lowest BCUT2D eigenvalue weighted by molar-refractivity contribution is 0.0211. The summed E-state index contributed by atoms with van der Waals surface area (Å²) in [4.78, 5) is 6.26. The van der Waals surface area contributed by atoms with Gasteiger partial charge in [0, 0.05) is 6.54 Å². The summed E-state index contributed by atoms with van der Waals surface area (Å²) in [6.07, 6.45) is -0.477. The van der Waals surface area contributed by atoms with Gasteiger partial charge < -0.3 is 14.8 Å². The summed E-state index contributed by atoms with van der Waals surface area (Å²) in [6, 6.07) is 0. The molecular weight excluding hydrogens is 132 g/mol. The largest absolute Gasteiger partial charge is 0.389 e. The summed E-state index contributed by atoms with van der Waals surface area (Å²) in [5.41, 5.74) is 0. The molecule has 0 aromatic heterocycles. The van der Waals surface area contributed by atoms with E-state index in [0.29, 0.717) is 6.54 Å². The molecule has 3 N–H and O–H groups in total. The zero-order chi connectivity index (χ0) is 7.98. The van der Waals surface area contributed by atoms with E-state index in [4.69, 9.17) is 11.0 Å². The first-order valence-electron chi connectivity index (χ1n) is 3.39. The van der Waals surface area contributed by atoms with Crippen molar-refractivity contribution < 1.29 is 9.94 Å². The molecule has 62 valence electrons. The third kappa shape index (κ3) is 4.69. The molecule has 0 spiro atoms. The van der Waals surface area contributed by atoms with E-state index >= 15 is 0 Å². The number of nitrogens with zero attached hydrogens (tertiary/aromatic N) is 1. The molecule has 0 aromatic rings. The predicted octanol–water partition coefficient (Wildman–Crippen LogP) is -0.811.